The fourth-order valence-electron chi connectivity index (χ4n) is 1.97. The number of sulfonamides is 1. The highest BCUT2D eigenvalue weighted by Gasteiger charge is 2.27. The van der Waals surface area contributed by atoms with Gasteiger partial charge in [-0.1, -0.05) is 0 Å². The van der Waals surface area contributed by atoms with Crippen LogP contribution in [0.15, 0.2) is 17.3 Å². The maximum Gasteiger partial charge on any atom is 0.260 e. The fourth-order valence-corrected chi connectivity index (χ4v) is 3.61. The van der Waals surface area contributed by atoms with E-state index in [0.29, 0.717) is 31.2 Å². The minimum atomic E-state index is -3.39. The Morgan fingerprint density at radius 1 is 1.39 bits per heavy atom. The Morgan fingerprint density at radius 2 is 2.17 bits per heavy atom. The van der Waals surface area contributed by atoms with Gasteiger partial charge in [-0.25, -0.2) is 8.42 Å². The molecule has 0 saturated carbocycles. The van der Waals surface area contributed by atoms with Gasteiger partial charge in [0.15, 0.2) is 5.03 Å². The van der Waals surface area contributed by atoms with E-state index in [4.69, 9.17) is 0 Å². The predicted octanol–water partition coefficient (Wildman–Crippen LogP) is 0.309. The molecule has 0 unspecified atom stereocenters. The van der Waals surface area contributed by atoms with Crippen LogP contribution in [0, 0.1) is 0 Å². The molecule has 18 heavy (non-hydrogen) atoms. The van der Waals surface area contributed by atoms with Crippen LogP contribution in [0.3, 0.4) is 0 Å². The van der Waals surface area contributed by atoms with Crippen LogP contribution in [0.5, 0.6) is 0 Å². The van der Waals surface area contributed by atoms with Crippen molar-refractivity contribution in [2.75, 3.05) is 26.2 Å². The molecule has 1 aromatic rings. The van der Waals surface area contributed by atoms with Crippen molar-refractivity contribution in [1.82, 2.24) is 19.4 Å². The van der Waals surface area contributed by atoms with E-state index in [1.807, 2.05) is 6.92 Å². The van der Waals surface area contributed by atoms with Gasteiger partial charge in [0.2, 0.25) is 0 Å². The number of aryl methyl sites for hydroxylation is 1. The number of nitrogens with zero attached hydrogens (tertiary/aromatic N) is 3. The van der Waals surface area contributed by atoms with E-state index in [0.717, 1.165) is 13.0 Å². The zero-order valence-electron chi connectivity index (χ0n) is 10.4. The lowest BCUT2D eigenvalue weighted by molar-refractivity contribution is 0.422. The fraction of sp³-hybridized carbons (Fsp3) is 0.700. The van der Waals surface area contributed by atoms with Gasteiger partial charge in [-0.05, 0) is 26.0 Å². The van der Waals surface area contributed by atoms with Gasteiger partial charge in [-0.15, -0.1) is 12.4 Å². The Kier molecular flexibility index (Phi) is 5.58. The van der Waals surface area contributed by atoms with Gasteiger partial charge in [-0.2, -0.15) is 9.40 Å². The third-order valence-corrected chi connectivity index (χ3v) is 4.80. The van der Waals surface area contributed by atoms with Crippen molar-refractivity contribution >= 4 is 22.4 Å². The van der Waals surface area contributed by atoms with Crippen LogP contribution < -0.4 is 5.32 Å². The summed E-state index contributed by atoms with van der Waals surface area (Å²) >= 11 is 0. The van der Waals surface area contributed by atoms with E-state index >= 15 is 0 Å². The monoisotopic (exact) mass is 294 g/mol. The highest BCUT2D eigenvalue weighted by molar-refractivity contribution is 7.89. The van der Waals surface area contributed by atoms with E-state index < -0.39 is 10.0 Å². The number of hydrogen-bond acceptors (Lipinski definition) is 4. The quantitative estimate of drug-likeness (QED) is 0.871. The molecule has 0 bridgehead atoms. The molecule has 1 N–H and O–H groups in total. The van der Waals surface area contributed by atoms with Crippen LogP contribution in [0.1, 0.15) is 13.3 Å². The van der Waals surface area contributed by atoms with Gasteiger partial charge in [0.25, 0.3) is 10.0 Å². The molecule has 2 rings (SSSR count). The van der Waals surface area contributed by atoms with E-state index in [1.54, 1.807) is 6.07 Å². The molecule has 0 aliphatic carbocycles. The van der Waals surface area contributed by atoms with Crippen molar-refractivity contribution in [3.05, 3.63) is 12.3 Å². The lowest BCUT2D eigenvalue weighted by Crippen LogP contribution is -2.35. The molecule has 1 aliphatic rings. The molecule has 0 aromatic carbocycles. The molecule has 8 heteroatoms. The molecule has 0 atom stereocenters. The Balaban J connectivity index is 0.00000162. The second-order valence-electron chi connectivity index (χ2n) is 3.99. The Bertz CT molecular complexity index is 466. The maximum absolute atomic E-state index is 12.4. The van der Waals surface area contributed by atoms with E-state index in [-0.39, 0.29) is 12.4 Å². The molecule has 104 valence electrons. The molecular formula is C10H19ClN4O2S. The van der Waals surface area contributed by atoms with E-state index in [2.05, 4.69) is 10.4 Å². The highest BCUT2D eigenvalue weighted by atomic mass is 35.5. The van der Waals surface area contributed by atoms with Gasteiger partial charge < -0.3 is 5.32 Å². The molecule has 0 amide bonds. The molecule has 0 spiro atoms. The van der Waals surface area contributed by atoms with Gasteiger partial charge in [0.05, 0.1) is 6.20 Å². The summed E-state index contributed by atoms with van der Waals surface area (Å²) in [4.78, 5) is 0. The Morgan fingerprint density at radius 3 is 2.89 bits per heavy atom. The minimum Gasteiger partial charge on any atom is -0.315 e. The summed E-state index contributed by atoms with van der Waals surface area (Å²) in [6.45, 7) is 5.13. The summed E-state index contributed by atoms with van der Waals surface area (Å²) in [5.74, 6) is 0. The number of nitrogens with one attached hydrogen (secondary N) is 1. The topological polar surface area (TPSA) is 67.2 Å². The number of hydrogen-bond donors (Lipinski definition) is 1. The van der Waals surface area contributed by atoms with Crippen LogP contribution in [0.2, 0.25) is 0 Å². The van der Waals surface area contributed by atoms with Gasteiger partial charge in [0, 0.05) is 26.2 Å². The van der Waals surface area contributed by atoms with Crippen LogP contribution in [0.4, 0.5) is 0 Å². The third kappa shape index (κ3) is 3.03. The van der Waals surface area contributed by atoms with Crippen LogP contribution in [0.25, 0.3) is 0 Å². The number of aromatic nitrogens is 2. The van der Waals surface area contributed by atoms with Crippen molar-refractivity contribution in [2.24, 2.45) is 0 Å². The standard InChI is InChI=1S/C10H18N4O2S.ClH/c1-2-14-10(4-6-12-14)17(15,16)13-8-3-5-11-7-9-13;/h4,6,11H,2-3,5,7-9H2,1H3;1H. The van der Waals surface area contributed by atoms with Crippen molar-refractivity contribution in [3.63, 3.8) is 0 Å². The van der Waals surface area contributed by atoms with Gasteiger partial charge in [0.1, 0.15) is 0 Å². The van der Waals surface area contributed by atoms with Crippen molar-refractivity contribution in [2.45, 2.75) is 24.9 Å². The minimum absolute atomic E-state index is 0. The predicted molar refractivity (Wildman–Crippen MR) is 71.4 cm³/mol. The summed E-state index contributed by atoms with van der Waals surface area (Å²) in [5.41, 5.74) is 0. The third-order valence-electron chi connectivity index (χ3n) is 2.88. The van der Waals surface area contributed by atoms with Crippen LogP contribution in [-0.4, -0.2) is 48.7 Å². The second kappa shape index (κ2) is 6.51. The van der Waals surface area contributed by atoms with Crippen molar-refractivity contribution in [3.8, 4) is 0 Å². The first-order chi connectivity index (χ1) is 8.16. The summed E-state index contributed by atoms with van der Waals surface area (Å²) < 4.78 is 27.9. The van der Waals surface area contributed by atoms with E-state index in [9.17, 15) is 8.42 Å². The van der Waals surface area contributed by atoms with Gasteiger partial charge >= 0.3 is 0 Å². The zero-order valence-corrected chi connectivity index (χ0v) is 12.0. The summed E-state index contributed by atoms with van der Waals surface area (Å²) in [5, 5.41) is 7.50. The maximum atomic E-state index is 12.4. The molecule has 1 aliphatic heterocycles. The van der Waals surface area contributed by atoms with Gasteiger partial charge in [-0.3, -0.25) is 4.68 Å². The lowest BCUT2D eigenvalue weighted by Gasteiger charge is -2.19. The number of halogens is 1. The lowest BCUT2D eigenvalue weighted by atomic mass is 10.4. The highest BCUT2D eigenvalue weighted by Crippen LogP contribution is 2.15. The molecule has 6 nitrogen and oxygen atoms in total. The first-order valence-electron chi connectivity index (χ1n) is 5.89. The summed E-state index contributed by atoms with van der Waals surface area (Å²) in [6.07, 6.45) is 2.38. The summed E-state index contributed by atoms with van der Waals surface area (Å²) in [6, 6.07) is 1.57. The van der Waals surface area contributed by atoms with Crippen molar-refractivity contribution < 1.29 is 8.42 Å². The average Bonchev–Trinajstić information content (AvgIpc) is 2.63. The number of rotatable bonds is 3. The van der Waals surface area contributed by atoms with E-state index in [1.165, 1.54) is 15.2 Å². The molecular weight excluding hydrogens is 276 g/mol. The Hall–Kier alpha value is -0.630. The average molecular weight is 295 g/mol. The molecule has 0 radical (unpaired) electrons. The molecule has 2 heterocycles. The summed E-state index contributed by atoms with van der Waals surface area (Å²) in [7, 11) is -3.39. The first kappa shape index (κ1) is 15.4. The Labute approximate surface area is 114 Å². The SMILES string of the molecule is CCn1nccc1S(=O)(=O)N1CCCNCC1.Cl. The molecule has 1 fully saturated rings. The zero-order chi connectivity index (χ0) is 12.3. The second-order valence-corrected chi connectivity index (χ2v) is 5.88. The van der Waals surface area contributed by atoms with Crippen molar-refractivity contribution in [1.29, 1.82) is 0 Å². The molecule has 1 saturated heterocycles. The smallest absolute Gasteiger partial charge is 0.260 e. The molecule has 1 aromatic heterocycles. The van der Waals surface area contributed by atoms with Crippen LogP contribution >= 0.6 is 12.4 Å². The van der Waals surface area contributed by atoms with Crippen LogP contribution in [-0.2, 0) is 16.6 Å². The first-order valence-corrected chi connectivity index (χ1v) is 7.33. The largest absolute Gasteiger partial charge is 0.315 e. The normalized spacial score (nSPS) is 18.1.